The lowest BCUT2D eigenvalue weighted by atomic mass is 9.77. The van der Waals surface area contributed by atoms with Gasteiger partial charge in [0.15, 0.2) is 0 Å². The van der Waals surface area contributed by atoms with Gasteiger partial charge in [0, 0.05) is 24.2 Å². The summed E-state index contributed by atoms with van der Waals surface area (Å²) in [6.45, 7) is 7.94. The summed E-state index contributed by atoms with van der Waals surface area (Å²) >= 11 is 0. The maximum Gasteiger partial charge on any atom is 0.0680 e. The Morgan fingerprint density at radius 1 is 1.56 bits per heavy atom. The Kier molecular flexibility index (Phi) is 3.11. The molecule has 2 nitrogen and oxygen atoms in total. The van der Waals surface area contributed by atoms with E-state index in [0.29, 0.717) is 11.8 Å². The lowest BCUT2D eigenvalue weighted by Crippen LogP contribution is -2.44. The summed E-state index contributed by atoms with van der Waals surface area (Å²) < 4.78 is 0. The zero-order valence-electron chi connectivity index (χ0n) is 11.0. The van der Waals surface area contributed by atoms with Crippen LogP contribution in [-0.4, -0.2) is 24.2 Å². The standard InChI is InChI=1S/C14H24N2/c1-5-14(3)9-12-11(2)7-6-8-13(12)16(4)10-15-14/h6-8,11-12,15H,5,9-10H2,1-4H3. The number of nitrogens with one attached hydrogen (secondary N) is 1. The van der Waals surface area contributed by atoms with E-state index in [1.807, 2.05) is 0 Å². The van der Waals surface area contributed by atoms with E-state index in [1.54, 1.807) is 0 Å². The van der Waals surface area contributed by atoms with E-state index in [9.17, 15) is 0 Å². The normalized spacial score (nSPS) is 39.0. The Morgan fingerprint density at radius 2 is 2.31 bits per heavy atom. The topological polar surface area (TPSA) is 15.3 Å². The van der Waals surface area contributed by atoms with Crippen LogP contribution in [-0.2, 0) is 0 Å². The van der Waals surface area contributed by atoms with Crippen LogP contribution in [0.2, 0.25) is 0 Å². The van der Waals surface area contributed by atoms with Gasteiger partial charge in [-0.2, -0.15) is 0 Å². The second-order valence-electron chi connectivity index (χ2n) is 5.59. The largest absolute Gasteiger partial charge is 0.365 e. The first-order valence-corrected chi connectivity index (χ1v) is 6.40. The lowest BCUT2D eigenvalue weighted by Gasteiger charge is -2.33. The van der Waals surface area contributed by atoms with Gasteiger partial charge in [-0.1, -0.05) is 26.0 Å². The molecule has 1 N–H and O–H groups in total. The van der Waals surface area contributed by atoms with Crippen molar-refractivity contribution in [2.45, 2.75) is 39.2 Å². The van der Waals surface area contributed by atoms with Crippen LogP contribution in [0.1, 0.15) is 33.6 Å². The summed E-state index contributed by atoms with van der Waals surface area (Å²) in [5.41, 5.74) is 1.79. The first-order chi connectivity index (χ1) is 7.56. The van der Waals surface area contributed by atoms with Crippen LogP contribution in [0.4, 0.5) is 0 Å². The number of hydrogen-bond acceptors (Lipinski definition) is 2. The SMILES string of the molecule is CCC1(C)CC2C(=CC=CC2C)N(C)CN1. The predicted molar refractivity (Wildman–Crippen MR) is 69.0 cm³/mol. The van der Waals surface area contributed by atoms with Gasteiger partial charge >= 0.3 is 0 Å². The minimum atomic E-state index is 0.286. The maximum atomic E-state index is 3.69. The molecule has 0 radical (unpaired) electrons. The van der Waals surface area contributed by atoms with Crippen LogP contribution >= 0.6 is 0 Å². The number of allylic oxidation sites excluding steroid dienone is 4. The maximum absolute atomic E-state index is 3.69. The van der Waals surface area contributed by atoms with Gasteiger partial charge in [0.1, 0.15) is 0 Å². The van der Waals surface area contributed by atoms with Crippen molar-refractivity contribution in [3.05, 3.63) is 23.9 Å². The van der Waals surface area contributed by atoms with Gasteiger partial charge in [-0.15, -0.1) is 0 Å². The third-order valence-corrected chi connectivity index (χ3v) is 4.33. The smallest absolute Gasteiger partial charge is 0.0680 e. The molecular weight excluding hydrogens is 196 g/mol. The number of nitrogens with zero attached hydrogens (tertiary/aromatic N) is 1. The van der Waals surface area contributed by atoms with Crippen molar-refractivity contribution in [1.82, 2.24) is 10.2 Å². The van der Waals surface area contributed by atoms with Gasteiger partial charge in [0.25, 0.3) is 0 Å². The van der Waals surface area contributed by atoms with E-state index in [1.165, 1.54) is 18.5 Å². The van der Waals surface area contributed by atoms with Gasteiger partial charge in [-0.3, -0.25) is 5.32 Å². The highest BCUT2D eigenvalue weighted by molar-refractivity contribution is 5.23. The summed E-state index contributed by atoms with van der Waals surface area (Å²) in [6.07, 6.45) is 9.27. The minimum absolute atomic E-state index is 0.286. The molecule has 1 aliphatic heterocycles. The molecule has 0 bridgehead atoms. The zero-order chi connectivity index (χ0) is 11.8. The summed E-state index contributed by atoms with van der Waals surface area (Å²) in [6, 6.07) is 0. The van der Waals surface area contributed by atoms with E-state index in [2.05, 4.69) is 56.3 Å². The molecule has 1 aliphatic carbocycles. The molecule has 0 amide bonds. The summed E-state index contributed by atoms with van der Waals surface area (Å²) in [7, 11) is 2.19. The van der Waals surface area contributed by atoms with Crippen LogP contribution in [0.25, 0.3) is 0 Å². The van der Waals surface area contributed by atoms with Crippen molar-refractivity contribution >= 4 is 0 Å². The second-order valence-corrected chi connectivity index (χ2v) is 5.59. The number of fused-ring (bicyclic) bond motifs is 1. The molecule has 1 fully saturated rings. The highest BCUT2D eigenvalue weighted by atomic mass is 15.2. The molecule has 1 saturated heterocycles. The molecule has 0 aromatic carbocycles. The molecule has 90 valence electrons. The summed E-state index contributed by atoms with van der Waals surface area (Å²) in [4.78, 5) is 2.37. The highest BCUT2D eigenvalue weighted by Crippen LogP contribution is 2.37. The van der Waals surface area contributed by atoms with Gasteiger partial charge in [-0.05, 0) is 31.8 Å². The van der Waals surface area contributed by atoms with Crippen molar-refractivity contribution in [3.8, 4) is 0 Å². The molecule has 3 unspecified atom stereocenters. The molecule has 16 heavy (non-hydrogen) atoms. The Bertz CT molecular complexity index is 319. The third-order valence-electron chi connectivity index (χ3n) is 4.33. The van der Waals surface area contributed by atoms with Crippen LogP contribution in [0, 0.1) is 11.8 Å². The van der Waals surface area contributed by atoms with Crippen LogP contribution < -0.4 is 5.32 Å². The fraction of sp³-hybridized carbons (Fsp3) is 0.714. The highest BCUT2D eigenvalue weighted by Gasteiger charge is 2.35. The molecule has 0 aromatic rings. The molecule has 2 rings (SSSR count). The first-order valence-electron chi connectivity index (χ1n) is 6.40. The van der Waals surface area contributed by atoms with E-state index in [4.69, 9.17) is 0 Å². The van der Waals surface area contributed by atoms with Crippen LogP contribution in [0.15, 0.2) is 23.9 Å². The number of hydrogen-bond donors (Lipinski definition) is 1. The Balaban J connectivity index is 2.28. The zero-order valence-corrected chi connectivity index (χ0v) is 11.0. The van der Waals surface area contributed by atoms with Gasteiger partial charge in [0.05, 0.1) is 6.67 Å². The number of rotatable bonds is 1. The van der Waals surface area contributed by atoms with Crippen LogP contribution in [0.3, 0.4) is 0 Å². The van der Waals surface area contributed by atoms with Crippen molar-refractivity contribution in [2.24, 2.45) is 11.8 Å². The predicted octanol–water partition coefficient (Wildman–Crippen LogP) is 2.74. The van der Waals surface area contributed by atoms with Crippen LogP contribution in [0.5, 0.6) is 0 Å². The average Bonchev–Trinajstić information content (AvgIpc) is 2.40. The van der Waals surface area contributed by atoms with E-state index < -0.39 is 0 Å². The first kappa shape index (κ1) is 11.7. The Morgan fingerprint density at radius 3 is 3.00 bits per heavy atom. The van der Waals surface area contributed by atoms with Crippen molar-refractivity contribution < 1.29 is 0 Å². The molecule has 3 atom stereocenters. The van der Waals surface area contributed by atoms with E-state index in [-0.39, 0.29) is 5.54 Å². The third kappa shape index (κ3) is 2.03. The van der Waals surface area contributed by atoms with Crippen molar-refractivity contribution in [1.29, 1.82) is 0 Å². The molecule has 2 heteroatoms. The molecule has 0 spiro atoms. The monoisotopic (exact) mass is 220 g/mol. The Labute approximate surface area is 99.4 Å². The molecule has 1 heterocycles. The summed E-state index contributed by atoms with van der Waals surface area (Å²) in [5.74, 6) is 1.34. The minimum Gasteiger partial charge on any atom is -0.365 e. The lowest BCUT2D eigenvalue weighted by molar-refractivity contribution is 0.278. The Hall–Kier alpha value is -0.760. The molecule has 0 saturated carbocycles. The second kappa shape index (κ2) is 4.25. The van der Waals surface area contributed by atoms with Crippen molar-refractivity contribution in [3.63, 3.8) is 0 Å². The fourth-order valence-corrected chi connectivity index (χ4v) is 2.78. The summed E-state index contributed by atoms with van der Waals surface area (Å²) in [5, 5.41) is 3.69. The van der Waals surface area contributed by atoms with Crippen molar-refractivity contribution in [2.75, 3.05) is 13.7 Å². The van der Waals surface area contributed by atoms with E-state index in [0.717, 1.165) is 6.67 Å². The average molecular weight is 220 g/mol. The molecule has 0 aromatic heterocycles. The molecular formula is C14H24N2. The fourth-order valence-electron chi connectivity index (χ4n) is 2.78. The van der Waals surface area contributed by atoms with E-state index >= 15 is 0 Å². The molecule has 2 aliphatic rings. The van der Waals surface area contributed by atoms with Gasteiger partial charge in [0.2, 0.25) is 0 Å². The van der Waals surface area contributed by atoms with Gasteiger partial charge < -0.3 is 4.90 Å². The van der Waals surface area contributed by atoms with Gasteiger partial charge in [-0.25, -0.2) is 0 Å². The quantitative estimate of drug-likeness (QED) is 0.731.